The first-order chi connectivity index (χ1) is 8.95. The van der Waals surface area contributed by atoms with Crippen molar-refractivity contribution in [3.05, 3.63) is 28.6 Å². The van der Waals surface area contributed by atoms with Gasteiger partial charge < -0.3 is 14.4 Å². The molecule has 0 atom stereocenters. The first-order valence-corrected chi connectivity index (χ1v) is 5.64. The summed E-state index contributed by atoms with van der Waals surface area (Å²) in [5, 5.41) is 14.9. The molecule has 102 valence electrons. The minimum Gasteiger partial charge on any atom is -0.480 e. The number of carboxylic acid groups (broad SMARTS) is 1. The third-order valence-corrected chi connectivity index (χ3v) is 3.12. The van der Waals surface area contributed by atoms with Crippen LogP contribution in [0.5, 0.6) is 0 Å². The van der Waals surface area contributed by atoms with Gasteiger partial charge in [0.25, 0.3) is 0 Å². The summed E-state index contributed by atoms with van der Waals surface area (Å²) in [6.45, 7) is -0.0629. The number of aromatic nitrogens is 2. The fourth-order valence-electron chi connectivity index (χ4n) is 2.06. The summed E-state index contributed by atoms with van der Waals surface area (Å²) in [5.74, 6) is -2.37. The molecule has 0 bridgehead atoms. The standard InChI is InChI=1S/C11H13N3O5/c1-14(6-7-12-13-10(18)19-7)8(15)11(9(16)17)4-2-3-5-11/h2-3H,4-6H2,1H3,(H,13,18)(H,16,17). The van der Waals surface area contributed by atoms with E-state index in [1.54, 1.807) is 12.2 Å². The summed E-state index contributed by atoms with van der Waals surface area (Å²) >= 11 is 0. The van der Waals surface area contributed by atoms with Crippen molar-refractivity contribution >= 4 is 11.9 Å². The number of aromatic amines is 1. The average molecular weight is 267 g/mol. The molecule has 8 nitrogen and oxygen atoms in total. The van der Waals surface area contributed by atoms with Gasteiger partial charge in [-0.2, -0.15) is 0 Å². The van der Waals surface area contributed by atoms with Gasteiger partial charge in [0.05, 0.1) is 6.54 Å². The Kier molecular flexibility index (Phi) is 3.24. The average Bonchev–Trinajstić information content (AvgIpc) is 2.98. The predicted molar refractivity (Wildman–Crippen MR) is 62.0 cm³/mol. The fourth-order valence-corrected chi connectivity index (χ4v) is 2.06. The van der Waals surface area contributed by atoms with Gasteiger partial charge in [-0.05, 0) is 12.8 Å². The molecule has 0 aromatic carbocycles. The molecule has 1 amide bonds. The Bertz CT molecular complexity index is 577. The number of H-pyrrole nitrogens is 1. The predicted octanol–water partition coefficient (Wildman–Crippen LogP) is -0.258. The number of aliphatic carboxylic acids is 1. The largest absolute Gasteiger partial charge is 0.480 e. The van der Waals surface area contributed by atoms with Crippen molar-refractivity contribution in [3.8, 4) is 0 Å². The van der Waals surface area contributed by atoms with Crippen LogP contribution in [0.25, 0.3) is 0 Å². The molecular formula is C11H13N3O5. The lowest BCUT2D eigenvalue weighted by Crippen LogP contribution is -2.45. The molecule has 0 aliphatic heterocycles. The first kappa shape index (κ1) is 13.1. The minimum atomic E-state index is -1.45. The third-order valence-electron chi connectivity index (χ3n) is 3.12. The van der Waals surface area contributed by atoms with E-state index < -0.39 is 23.0 Å². The van der Waals surface area contributed by atoms with Crippen LogP contribution in [0.1, 0.15) is 18.7 Å². The Labute approximate surface area is 107 Å². The van der Waals surface area contributed by atoms with Crippen molar-refractivity contribution in [3.63, 3.8) is 0 Å². The Morgan fingerprint density at radius 1 is 1.53 bits per heavy atom. The summed E-state index contributed by atoms with van der Waals surface area (Å²) in [6, 6.07) is 0. The Morgan fingerprint density at radius 2 is 2.16 bits per heavy atom. The molecule has 0 radical (unpaired) electrons. The zero-order chi connectivity index (χ0) is 14.0. The molecule has 1 aromatic heterocycles. The highest BCUT2D eigenvalue weighted by Gasteiger charge is 2.48. The summed E-state index contributed by atoms with van der Waals surface area (Å²) in [6.07, 6.45) is 3.68. The van der Waals surface area contributed by atoms with Gasteiger partial charge in [-0.25, -0.2) is 9.89 Å². The van der Waals surface area contributed by atoms with Gasteiger partial charge in [0.1, 0.15) is 0 Å². The summed E-state index contributed by atoms with van der Waals surface area (Å²) in [7, 11) is 1.44. The molecule has 1 aliphatic rings. The highest BCUT2D eigenvalue weighted by molar-refractivity contribution is 6.02. The molecule has 0 spiro atoms. The molecular weight excluding hydrogens is 254 g/mol. The van der Waals surface area contributed by atoms with Gasteiger partial charge in [-0.3, -0.25) is 9.59 Å². The van der Waals surface area contributed by atoms with E-state index in [2.05, 4.69) is 14.6 Å². The van der Waals surface area contributed by atoms with E-state index in [1.807, 2.05) is 0 Å². The van der Waals surface area contributed by atoms with Crippen molar-refractivity contribution in [2.45, 2.75) is 19.4 Å². The molecule has 8 heteroatoms. The monoisotopic (exact) mass is 267 g/mol. The molecule has 19 heavy (non-hydrogen) atoms. The van der Waals surface area contributed by atoms with Gasteiger partial charge in [-0.15, -0.1) is 5.10 Å². The number of carbonyl (C=O) groups excluding carboxylic acids is 1. The molecule has 2 N–H and O–H groups in total. The molecule has 0 fully saturated rings. The molecule has 1 aromatic rings. The smallest absolute Gasteiger partial charge is 0.434 e. The third kappa shape index (κ3) is 2.28. The second-order valence-electron chi connectivity index (χ2n) is 4.43. The van der Waals surface area contributed by atoms with E-state index in [9.17, 15) is 19.5 Å². The lowest BCUT2D eigenvalue weighted by molar-refractivity contribution is -0.159. The lowest BCUT2D eigenvalue weighted by Gasteiger charge is -2.27. The number of carbonyl (C=O) groups is 2. The number of nitrogens with one attached hydrogen (secondary N) is 1. The van der Waals surface area contributed by atoms with E-state index in [0.717, 1.165) is 0 Å². The Morgan fingerprint density at radius 3 is 2.63 bits per heavy atom. The maximum atomic E-state index is 12.3. The molecule has 0 unspecified atom stereocenters. The van der Waals surface area contributed by atoms with Gasteiger partial charge in [0.2, 0.25) is 11.8 Å². The van der Waals surface area contributed by atoms with Crippen molar-refractivity contribution in [2.24, 2.45) is 5.41 Å². The minimum absolute atomic E-state index is 0.0346. The fraction of sp³-hybridized carbons (Fsp3) is 0.455. The molecule has 1 aliphatic carbocycles. The highest BCUT2D eigenvalue weighted by Crippen LogP contribution is 2.35. The number of hydrogen-bond acceptors (Lipinski definition) is 5. The maximum absolute atomic E-state index is 12.3. The van der Waals surface area contributed by atoms with E-state index in [1.165, 1.54) is 11.9 Å². The maximum Gasteiger partial charge on any atom is 0.434 e. The number of rotatable bonds is 4. The number of nitrogens with zero attached hydrogens (tertiary/aromatic N) is 2. The summed E-state index contributed by atoms with van der Waals surface area (Å²) < 4.78 is 4.68. The van der Waals surface area contributed by atoms with Crippen molar-refractivity contribution in [1.29, 1.82) is 0 Å². The van der Waals surface area contributed by atoms with Crippen LogP contribution in [0, 0.1) is 5.41 Å². The highest BCUT2D eigenvalue weighted by atomic mass is 16.4. The molecule has 2 rings (SSSR count). The number of hydrogen-bond donors (Lipinski definition) is 2. The molecule has 0 saturated carbocycles. The van der Waals surface area contributed by atoms with Crippen LogP contribution in [0.2, 0.25) is 0 Å². The lowest BCUT2D eigenvalue weighted by atomic mass is 9.84. The van der Waals surface area contributed by atoms with E-state index in [0.29, 0.717) is 0 Å². The summed E-state index contributed by atoms with van der Waals surface area (Å²) in [4.78, 5) is 35.6. The number of carboxylic acids is 1. The van der Waals surface area contributed by atoms with Gasteiger partial charge in [0, 0.05) is 7.05 Å². The van der Waals surface area contributed by atoms with Crippen molar-refractivity contribution < 1.29 is 19.1 Å². The topological polar surface area (TPSA) is 117 Å². The second-order valence-corrected chi connectivity index (χ2v) is 4.43. The SMILES string of the molecule is CN(Cc1n[nH]c(=O)o1)C(=O)C1(C(=O)O)CC=CC1. The number of amides is 1. The Hall–Kier alpha value is -2.38. The van der Waals surface area contributed by atoms with E-state index in [-0.39, 0.29) is 25.3 Å². The quantitative estimate of drug-likeness (QED) is 0.573. The van der Waals surface area contributed by atoms with Gasteiger partial charge in [0.15, 0.2) is 5.41 Å². The molecule has 1 heterocycles. The zero-order valence-electron chi connectivity index (χ0n) is 10.3. The Balaban J connectivity index is 2.14. The van der Waals surface area contributed by atoms with Gasteiger partial charge >= 0.3 is 11.7 Å². The summed E-state index contributed by atoms with van der Waals surface area (Å²) in [5.41, 5.74) is -1.45. The van der Waals surface area contributed by atoms with Crippen molar-refractivity contribution in [2.75, 3.05) is 7.05 Å². The number of allylic oxidation sites excluding steroid dienone is 2. The van der Waals surface area contributed by atoms with Crippen LogP contribution in [0.3, 0.4) is 0 Å². The van der Waals surface area contributed by atoms with Crippen LogP contribution in [-0.4, -0.2) is 39.1 Å². The zero-order valence-corrected chi connectivity index (χ0v) is 10.3. The second kappa shape index (κ2) is 4.71. The van der Waals surface area contributed by atoms with Crippen LogP contribution in [0.15, 0.2) is 21.4 Å². The normalized spacial score (nSPS) is 16.5. The van der Waals surface area contributed by atoms with Crippen LogP contribution >= 0.6 is 0 Å². The van der Waals surface area contributed by atoms with E-state index >= 15 is 0 Å². The van der Waals surface area contributed by atoms with Crippen LogP contribution in [-0.2, 0) is 16.1 Å². The van der Waals surface area contributed by atoms with E-state index in [4.69, 9.17) is 0 Å². The van der Waals surface area contributed by atoms with Crippen LogP contribution < -0.4 is 5.76 Å². The van der Waals surface area contributed by atoms with Gasteiger partial charge in [-0.1, -0.05) is 12.2 Å². The molecule has 0 saturated heterocycles. The van der Waals surface area contributed by atoms with Crippen molar-refractivity contribution in [1.82, 2.24) is 15.1 Å². The van der Waals surface area contributed by atoms with Crippen LogP contribution in [0.4, 0.5) is 0 Å². The first-order valence-electron chi connectivity index (χ1n) is 5.64.